The Morgan fingerprint density at radius 1 is 1.45 bits per heavy atom. The van der Waals surface area contributed by atoms with E-state index in [1.807, 2.05) is 24.3 Å². The van der Waals surface area contributed by atoms with Gasteiger partial charge in [0.2, 0.25) is 0 Å². The molecule has 1 aliphatic rings. The molecule has 0 aromatic heterocycles. The van der Waals surface area contributed by atoms with Crippen LogP contribution in [0.4, 0.5) is 0 Å². The minimum Gasteiger partial charge on any atom is -0.491 e. The highest BCUT2D eigenvalue weighted by Gasteiger charge is 2.32. The number of nitrogens with zero attached hydrogens (tertiary/aromatic N) is 1. The van der Waals surface area contributed by atoms with Gasteiger partial charge in [0.25, 0.3) is 0 Å². The maximum atomic E-state index is 10.1. The summed E-state index contributed by atoms with van der Waals surface area (Å²) >= 11 is 0. The molecule has 1 saturated heterocycles. The van der Waals surface area contributed by atoms with E-state index in [0.717, 1.165) is 17.9 Å². The van der Waals surface area contributed by atoms with Crippen molar-refractivity contribution < 1.29 is 9.84 Å². The zero-order valence-electron chi connectivity index (χ0n) is 12.5. The molecular weight excluding hydrogens is 252 g/mol. The molecule has 1 aromatic rings. The first-order valence-corrected chi connectivity index (χ1v) is 7.36. The van der Waals surface area contributed by atoms with E-state index in [2.05, 4.69) is 18.7 Å². The summed E-state index contributed by atoms with van der Waals surface area (Å²) < 4.78 is 5.66. The molecule has 1 aliphatic heterocycles. The molecule has 0 bridgehead atoms. The topological polar surface area (TPSA) is 58.7 Å². The number of aliphatic hydroxyl groups excluding tert-OH is 1. The molecule has 4 nitrogen and oxygen atoms in total. The zero-order chi connectivity index (χ0) is 14.6. The van der Waals surface area contributed by atoms with Gasteiger partial charge in [-0.1, -0.05) is 12.1 Å². The highest BCUT2D eigenvalue weighted by atomic mass is 16.5. The van der Waals surface area contributed by atoms with Crippen molar-refractivity contribution in [3.63, 3.8) is 0 Å². The van der Waals surface area contributed by atoms with Crippen LogP contribution in [-0.4, -0.2) is 41.3 Å². The van der Waals surface area contributed by atoms with Gasteiger partial charge in [0, 0.05) is 18.6 Å². The Balaban J connectivity index is 1.81. The molecule has 1 aromatic carbocycles. The number of β-amino-alcohol motifs (C(OH)–C–C–N with tert-alkyl or cyclic N) is 1. The lowest BCUT2D eigenvalue weighted by atomic mass is 10.0. The molecule has 0 radical (unpaired) electrons. The average Bonchev–Trinajstić information content (AvgIpc) is 2.76. The van der Waals surface area contributed by atoms with E-state index in [9.17, 15) is 5.11 Å². The second-order valence-corrected chi connectivity index (χ2v) is 6.18. The number of aliphatic hydroxyl groups is 1. The summed E-state index contributed by atoms with van der Waals surface area (Å²) in [5, 5.41) is 10.1. The van der Waals surface area contributed by atoms with Crippen molar-refractivity contribution in [3.8, 4) is 5.75 Å². The fourth-order valence-electron chi connectivity index (χ4n) is 2.76. The fraction of sp³-hybridized carbons (Fsp3) is 0.625. The van der Waals surface area contributed by atoms with Gasteiger partial charge in [-0.15, -0.1) is 0 Å². The number of rotatable bonds is 6. The Labute approximate surface area is 121 Å². The first-order chi connectivity index (χ1) is 9.51. The molecule has 0 amide bonds. The van der Waals surface area contributed by atoms with Gasteiger partial charge in [-0.2, -0.15) is 0 Å². The van der Waals surface area contributed by atoms with Crippen molar-refractivity contribution in [2.45, 2.75) is 44.9 Å². The molecule has 20 heavy (non-hydrogen) atoms. The first-order valence-electron chi connectivity index (χ1n) is 7.36. The van der Waals surface area contributed by atoms with Crippen LogP contribution >= 0.6 is 0 Å². The minimum atomic E-state index is -0.464. The predicted octanol–water partition coefficient (Wildman–Crippen LogP) is 1.76. The van der Waals surface area contributed by atoms with E-state index in [-0.39, 0.29) is 5.54 Å². The normalized spacial score (nSPS) is 20.0. The van der Waals surface area contributed by atoms with Crippen LogP contribution in [0.15, 0.2) is 24.3 Å². The lowest BCUT2D eigenvalue weighted by molar-refractivity contribution is 0.0464. The van der Waals surface area contributed by atoms with Crippen molar-refractivity contribution in [2.75, 3.05) is 19.7 Å². The predicted molar refractivity (Wildman–Crippen MR) is 80.7 cm³/mol. The first kappa shape index (κ1) is 15.3. The SMILES string of the molecule is CC1(C)CCCN1CC(O)COc1cccc(CN)c1. The van der Waals surface area contributed by atoms with Crippen molar-refractivity contribution >= 4 is 0 Å². The van der Waals surface area contributed by atoms with E-state index < -0.39 is 6.10 Å². The van der Waals surface area contributed by atoms with Crippen LogP contribution in [0.2, 0.25) is 0 Å². The summed E-state index contributed by atoms with van der Waals surface area (Å²) in [6, 6.07) is 7.71. The summed E-state index contributed by atoms with van der Waals surface area (Å²) in [4.78, 5) is 2.34. The van der Waals surface area contributed by atoms with Gasteiger partial charge >= 0.3 is 0 Å². The molecule has 4 heteroatoms. The molecule has 1 heterocycles. The molecule has 3 N–H and O–H groups in total. The molecule has 112 valence electrons. The zero-order valence-corrected chi connectivity index (χ0v) is 12.5. The van der Waals surface area contributed by atoms with E-state index in [1.165, 1.54) is 12.8 Å². The standard InChI is InChI=1S/C16H26N2O2/c1-16(2)7-4-8-18(16)11-14(19)12-20-15-6-3-5-13(9-15)10-17/h3,5-6,9,14,19H,4,7-8,10-12,17H2,1-2H3. The Kier molecular flexibility index (Phi) is 5.02. The average molecular weight is 278 g/mol. The third-order valence-electron chi connectivity index (χ3n) is 4.08. The van der Waals surface area contributed by atoms with E-state index >= 15 is 0 Å². The van der Waals surface area contributed by atoms with Crippen LogP contribution in [0.3, 0.4) is 0 Å². The van der Waals surface area contributed by atoms with Crippen molar-refractivity contribution in [1.29, 1.82) is 0 Å². The van der Waals surface area contributed by atoms with Gasteiger partial charge in [-0.3, -0.25) is 4.90 Å². The molecule has 2 rings (SSSR count). The molecule has 0 aliphatic carbocycles. The van der Waals surface area contributed by atoms with Gasteiger partial charge in [-0.25, -0.2) is 0 Å². The van der Waals surface area contributed by atoms with Gasteiger partial charge in [0.15, 0.2) is 0 Å². The summed E-state index contributed by atoms with van der Waals surface area (Å²) in [6.07, 6.45) is 1.94. The lowest BCUT2D eigenvalue weighted by Gasteiger charge is -2.33. The molecular formula is C16H26N2O2. The number of likely N-dealkylation sites (tertiary alicyclic amines) is 1. The van der Waals surface area contributed by atoms with Gasteiger partial charge < -0.3 is 15.6 Å². The van der Waals surface area contributed by atoms with Crippen LogP contribution in [0.1, 0.15) is 32.3 Å². The fourth-order valence-corrected chi connectivity index (χ4v) is 2.76. The second kappa shape index (κ2) is 6.57. The van der Waals surface area contributed by atoms with Crippen LogP contribution in [0.5, 0.6) is 5.75 Å². The van der Waals surface area contributed by atoms with Crippen LogP contribution < -0.4 is 10.5 Å². The molecule has 1 atom stereocenters. The highest BCUT2D eigenvalue weighted by Crippen LogP contribution is 2.28. The summed E-state index contributed by atoms with van der Waals surface area (Å²) in [6.45, 7) is 7.02. The van der Waals surface area contributed by atoms with Crippen molar-refractivity contribution in [2.24, 2.45) is 5.73 Å². The maximum Gasteiger partial charge on any atom is 0.119 e. The number of benzene rings is 1. The number of nitrogens with two attached hydrogens (primary N) is 1. The van der Waals surface area contributed by atoms with E-state index in [4.69, 9.17) is 10.5 Å². The summed E-state index contributed by atoms with van der Waals surface area (Å²) in [5.74, 6) is 0.771. The molecule has 1 unspecified atom stereocenters. The third-order valence-corrected chi connectivity index (χ3v) is 4.08. The Morgan fingerprint density at radius 3 is 2.90 bits per heavy atom. The van der Waals surface area contributed by atoms with Crippen LogP contribution in [-0.2, 0) is 6.54 Å². The van der Waals surface area contributed by atoms with Crippen LogP contribution in [0, 0.1) is 0 Å². The summed E-state index contributed by atoms with van der Waals surface area (Å²) in [5.41, 5.74) is 6.84. The second-order valence-electron chi connectivity index (χ2n) is 6.18. The van der Waals surface area contributed by atoms with Gasteiger partial charge in [0.1, 0.15) is 18.5 Å². The number of hydrogen-bond donors (Lipinski definition) is 2. The van der Waals surface area contributed by atoms with Crippen molar-refractivity contribution in [3.05, 3.63) is 29.8 Å². The lowest BCUT2D eigenvalue weighted by Crippen LogP contribution is -2.44. The van der Waals surface area contributed by atoms with Gasteiger partial charge in [0.05, 0.1) is 0 Å². The third kappa shape index (κ3) is 3.95. The molecule has 1 fully saturated rings. The quantitative estimate of drug-likeness (QED) is 0.832. The van der Waals surface area contributed by atoms with Crippen LogP contribution in [0.25, 0.3) is 0 Å². The Bertz CT molecular complexity index is 434. The maximum absolute atomic E-state index is 10.1. The molecule has 0 spiro atoms. The number of hydrogen-bond acceptors (Lipinski definition) is 4. The van der Waals surface area contributed by atoms with Gasteiger partial charge in [-0.05, 0) is 50.9 Å². The smallest absolute Gasteiger partial charge is 0.119 e. The number of ether oxygens (including phenoxy) is 1. The van der Waals surface area contributed by atoms with Crippen molar-refractivity contribution in [1.82, 2.24) is 4.90 Å². The Morgan fingerprint density at radius 2 is 2.25 bits per heavy atom. The highest BCUT2D eigenvalue weighted by molar-refractivity contribution is 5.28. The largest absolute Gasteiger partial charge is 0.491 e. The molecule has 0 saturated carbocycles. The minimum absolute atomic E-state index is 0.195. The summed E-state index contributed by atoms with van der Waals surface area (Å²) in [7, 11) is 0. The van der Waals surface area contributed by atoms with E-state index in [1.54, 1.807) is 0 Å². The Hall–Kier alpha value is -1.10. The monoisotopic (exact) mass is 278 g/mol. The van der Waals surface area contributed by atoms with E-state index in [0.29, 0.717) is 19.7 Å².